The molecule has 158 valence electrons. The number of hydrogen-bond acceptors (Lipinski definition) is 5. The van der Waals surface area contributed by atoms with E-state index in [1.807, 2.05) is 29.2 Å². The fourth-order valence-corrected chi connectivity index (χ4v) is 4.59. The summed E-state index contributed by atoms with van der Waals surface area (Å²) in [5.41, 5.74) is 0.734. The maximum Gasteiger partial charge on any atom is 0.254 e. The maximum atomic E-state index is 13.8. The topological polar surface area (TPSA) is 71.1 Å². The lowest BCUT2D eigenvalue weighted by Gasteiger charge is -2.46. The van der Waals surface area contributed by atoms with Crippen LogP contribution in [-0.2, 0) is 19.9 Å². The molecule has 2 atom stereocenters. The van der Waals surface area contributed by atoms with Gasteiger partial charge in [0.15, 0.2) is 5.54 Å². The highest BCUT2D eigenvalue weighted by molar-refractivity contribution is 6.31. The summed E-state index contributed by atoms with van der Waals surface area (Å²) < 4.78 is 11.3. The standard InChI is InChI=1S/C22H24ClN3O4/c1-25(2)20(27)18-13-30-11-10-26(18)22(15-6-4-5-7-19(15)29-3)16-12-14(23)8-9-17(16)24-21(22)28/h4-9,12,18H,10-11,13H2,1-3H3,(H,24,28)/t18-,22?/m0/s1. The third-order valence-corrected chi connectivity index (χ3v) is 5.97. The first-order valence-electron chi connectivity index (χ1n) is 9.72. The van der Waals surface area contributed by atoms with E-state index in [1.54, 1.807) is 39.4 Å². The van der Waals surface area contributed by atoms with Crippen molar-refractivity contribution in [3.05, 3.63) is 58.6 Å². The molecule has 8 heteroatoms. The van der Waals surface area contributed by atoms with Gasteiger partial charge < -0.3 is 19.7 Å². The molecule has 7 nitrogen and oxygen atoms in total. The Hall–Kier alpha value is -2.61. The molecule has 1 fully saturated rings. The van der Waals surface area contributed by atoms with Crippen molar-refractivity contribution < 1.29 is 19.1 Å². The Kier molecular flexibility index (Phi) is 5.44. The van der Waals surface area contributed by atoms with Crippen LogP contribution in [0.1, 0.15) is 11.1 Å². The second-order valence-electron chi connectivity index (χ2n) is 7.57. The molecule has 1 N–H and O–H groups in total. The molecule has 0 saturated carbocycles. The Labute approximate surface area is 180 Å². The smallest absolute Gasteiger partial charge is 0.254 e. The number of fused-ring (bicyclic) bond motifs is 1. The molecule has 0 radical (unpaired) electrons. The molecule has 2 amide bonds. The van der Waals surface area contributed by atoms with Gasteiger partial charge in [-0.3, -0.25) is 14.5 Å². The largest absolute Gasteiger partial charge is 0.496 e. The molecule has 2 aliphatic rings. The number of methoxy groups -OCH3 is 1. The zero-order valence-corrected chi connectivity index (χ0v) is 17.9. The summed E-state index contributed by atoms with van der Waals surface area (Å²) in [6.45, 7) is 0.982. The van der Waals surface area contributed by atoms with Gasteiger partial charge in [0.25, 0.3) is 5.91 Å². The van der Waals surface area contributed by atoms with Crippen LogP contribution in [0, 0.1) is 0 Å². The van der Waals surface area contributed by atoms with E-state index < -0.39 is 11.6 Å². The Bertz CT molecular complexity index is 996. The molecule has 0 spiro atoms. The minimum absolute atomic E-state index is 0.132. The van der Waals surface area contributed by atoms with E-state index in [9.17, 15) is 9.59 Å². The predicted molar refractivity (Wildman–Crippen MR) is 114 cm³/mol. The van der Waals surface area contributed by atoms with Gasteiger partial charge in [0, 0.05) is 42.5 Å². The van der Waals surface area contributed by atoms with Crippen molar-refractivity contribution in [2.75, 3.05) is 46.3 Å². The summed E-state index contributed by atoms with van der Waals surface area (Å²) in [5, 5.41) is 3.50. The van der Waals surface area contributed by atoms with Gasteiger partial charge in [0.05, 0.1) is 20.3 Å². The van der Waals surface area contributed by atoms with Crippen molar-refractivity contribution >= 4 is 29.1 Å². The summed E-state index contributed by atoms with van der Waals surface area (Å²) in [7, 11) is 4.97. The second kappa shape index (κ2) is 7.91. The molecule has 1 saturated heterocycles. The van der Waals surface area contributed by atoms with Crippen molar-refractivity contribution in [1.29, 1.82) is 0 Å². The molecule has 0 aliphatic carbocycles. The highest BCUT2D eigenvalue weighted by Crippen LogP contribution is 2.50. The molecule has 2 heterocycles. The molecule has 30 heavy (non-hydrogen) atoms. The third kappa shape index (κ3) is 3.05. The van der Waals surface area contributed by atoms with E-state index in [1.165, 1.54) is 4.90 Å². The fraction of sp³-hybridized carbons (Fsp3) is 0.364. The number of likely N-dealkylation sites (N-methyl/N-ethyl adjacent to an activating group) is 1. The van der Waals surface area contributed by atoms with Crippen molar-refractivity contribution in [3.8, 4) is 5.75 Å². The van der Waals surface area contributed by atoms with Crippen molar-refractivity contribution in [2.45, 2.75) is 11.6 Å². The Morgan fingerprint density at radius 3 is 2.77 bits per heavy atom. The molecule has 0 aromatic heterocycles. The van der Waals surface area contributed by atoms with Gasteiger partial charge in [-0.15, -0.1) is 0 Å². The number of benzene rings is 2. The second-order valence-corrected chi connectivity index (χ2v) is 8.01. The summed E-state index contributed by atoms with van der Waals surface area (Å²) >= 11 is 6.36. The van der Waals surface area contributed by atoms with Crippen LogP contribution < -0.4 is 10.1 Å². The number of carbonyl (C=O) groups is 2. The van der Waals surface area contributed by atoms with Crippen LogP contribution in [0.4, 0.5) is 5.69 Å². The summed E-state index contributed by atoms with van der Waals surface area (Å²) in [5.74, 6) is 0.179. The average Bonchev–Trinajstić information content (AvgIpc) is 3.04. The Balaban J connectivity index is 2.02. The quantitative estimate of drug-likeness (QED) is 0.807. The van der Waals surface area contributed by atoms with E-state index in [0.717, 1.165) is 0 Å². The summed E-state index contributed by atoms with van der Waals surface area (Å²) in [6, 6.07) is 12.1. The monoisotopic (exact) mass is 429 g/mol. The van der Waals surface area contributed by atoms with Crippen LogP contribution in [0.25, 0.3) is 0 Å². The van der Waals surface area contributed by atoms with Crippen LogP contribution >= 0.6 is 11.6 Å². The number of carbonyl (C=O) groups excluding carboxylic acids is 2. The van der Waals surface area contributed by atoms with Crippen LogP contribution in [-0.4, -0.2) is 68.6 Å². The van der Waals surface area contributed by atoms with Gasteiger partial charge in [-0.05, 0) is 24.3 Å². The lowest BCUT2D eigenvalue weighted by Crippen LogP contribution is -2.63. The number of halogens is 1. The molecule has 2 aliphatic heterocycles. The normalized spacial score (nSPS) is 23.6. The number of ether oxygens (including phenoxy) is 2. The lowest BCUT2D eigenvalue weighted by molar-refractivity contribution is -0.149. The van der Waals surface area contributed by atoms with E-state index >= 15 is 0 Å². The maximum absolute atomic E-state index is 13.8. The number of anilines is 1. The van der Waals surface area contributed by atoms with Crippen molar-refractivity contribution in [3.63, 3.8) is 0 Å². The number of nitrogens with one attached hydrogen (secondary N) is 1. The minimum atomic E-state index is -1.28. The number of rotatable bonds is 4. The predicted octanol–water partition coefficient (Wildman–Crippen LogP) is 2.33. The highest BCUT2D eigenvalue weighted by atomic mass is 35.5. The number of nitrogens with zero attached hydrogens (tertiary/aromatic N) is 2. The third-order valence-electron chi connectivity index (χ3n) is 5.73. The Morgan fingerprint density at radius 2 is 2.03 bits per heavy atom. The fourth-order valence-electron chi connectivity index (χ4n) is 4.42. The van der Waals surface area contributed by atoms with E-state index in [4.69, 9.17) is 21.1 Å². The van der Waals surface area contributed by atoms with Crippen LogP contribution in [0.3, 0.4) is 0 Å². The van der Waals surface area contributed by atoms with E-state index in [0.29, 0.717) is 40.7 Å². The van der Waals surface area contributed by atoms with Gasteiger partial charge in [0.1, 0.15) is 11.8 Å². The highest BCUT2D eigenvalue weighted by Gasteiger charge is 2.57. The average molecular weight is 430 g/mol. The molecule has 1 unspecified atom stereocenters. The number of hydrogen-bond donors (Lipinski definition) is 1. The summed E-state index contributed by atoms with van der Waals surface area (Å²) in [4.78, 5) is 30.3. The van der Waals surface area contributed by atoms with Crippen LogP contribution in [0.15, 0.2) is 42.5 Å². The van der Waals surface area contributed by atoms with Gasteiger partial charge in [-0.2, -0.15) is 0 Å². The zero-order chi connectivity index (χ0) is 21.5. The number of morpholine rings is 1. The first kappa shape index (κ1) is 20.7. The molecule has 4 rings (SSSR count). The molecular weight excluding hydrogens is 406 g/mol. The number of para-hydroxylation sites is 1. The zero-order valence-electron chi connectivity index (χ0n) is 17.1. The molecule has 2 aromatic carbocycles. The SMILES string of the molecule is COc1ccccc1C1(N2CCOC[C@H]2C(=O)N(C)C)C(=O)Nc2ccc(Cl)cc21. The Morgan fingerprint density at radius 1 is 1.27 bits per heavy atom. The van der Waals surface area contributed by atoms with E-state index in [-0.39, 0.29) is 18.4 Å². The van der Waals surface area contributed by atoms with Crippen LogP contribution in [0.5, 0.6) is 5.75 Å². The lowest BCUT2D eigenvalue weighted by atomic mass is 9.80. The van der Waals surface area contributed by atoms with Gasteiger partial charge in [-0.1, -0.05) is 29.8 Å². The molecule has 0 bridgehead atoms. The van der Waals surface area contributed by atoms with Crippen molar-refractivity contribution in [2.24, 2.45) is 0 Å². The summed E-state index contributed by atoms with van der Waals surface area (Å²) in [6.07, 6.45) is 0. The van der Waals surface area contributed by atoms with Crippen molar-refractivity contribution in [1.82, 2.24) is 9.80 Å². The van der Waals surface area contributed by atoms with Crippen LogP contribution in [0.2, 0.25) is 5.02 Å². The van der Waals surface area contributed by atoms with E-state index in [2.05, 4.69) is 5.32 Å². The first-order chi connectivity index (χ1) is 14.4. The molecular formula is C22H24ClN3O4. The molecule has 2 aromatic rings. The van der Waals surface area contributed by atoms with Gasteiger partial charge >= 0.3 is 0 Å². The minimum Gasteiger partial charge on any atom is -0.496 e. The van der Waals surface area contributed by atoms with Gasteiger partial charge in [-0.25, -0.2) is 0 Å². The first-order valence-corrected chi connectivity index (χ1v) is 10.1. The van der Waals surface area contributed by atoms with Gasteiger partial charge in [0.2, 0.25) is 5.91 Å². The number of amides is 2.